The zero-order valence-corrected chi connectivity index (χ0v) is 14.7. The number of amides is 1. The molecule has 2 heterocycles. The predicted molar refractivity (Wildman–Crippen MR) is 82.9 cm³/mol. The molecule has 7 nitrogen and oxygen atoms in total. The van der Waals surface area contributed by atoms with Crippen molar-refractivity contribution in [3.05, 3.63) is 28.1 Å². The van der Waals surface area contributed by atoms with Crippen molar-refractivity contribution >= 4 is 27.5 Å². The number of alkyl halides is 4. The van der Waals surface area contributed by atoms with E-state index in [1.165, 1.54) is 16.8 Å². The van der Waals surface area contributed by atoms with Crippen LogP contribution in [0.5, 0.6) is 0 Å². The largest absolute Gasteiger partial charge is 0.522 e. The van der Waals surface area contributed by atoms with Gasteiger partial charge in [0, 0.05) is 12.2 Å². The molecule has 0 unspecified atom stereocenters. The van der Waals surface area contributed by atoms with Crippen LogP contribution in [0, 0.1) is 0 Å². The van der Waals surface area contributed by atoms with E-state index in [4.69, 9.17) is 0 Å². The van der Waals surface area contributed by atoms with E-state index in [9.17, 15) is 22.4 Å². The second-order valence-corrected chi connectivity index (χ2v) is 6.40. The summed E-state index contributed by atoms with van der Waals surface area (Å²) < 4.78 is 58.8. The molecule has 1 saturated carbocycles. The Morgan fingerprint density at radius 2 is 2.15 bits per heavy atom. The van der Waals surface area contributed by atoms with E-state index in [0.717, 1.165) is 0 Å². The Kier molecular flexibility index (Phi) is 5.44. The summed E-state index contributed by atoms with van der Waals surface area (Å²) in [7, 11) is 0. The number of fused-ring (bicyclic) bond motifs is 1. The summed E-state index contributed by atoms with van der Waals surface area (Å²) in [6, 6.07) is 0.996. The molecule has 0 atom stereocenters. The summed E-state index contributed by atoms with van der Waals surface area (Å²) in [5.41, 5.74) is 0.835. The quantitative estimate of drug-likeness (QED) is 0.698. The van der Waals surface area contributed by atoms with Gasteiger partial charge in [-0.1, -0.05) is 0 Å². The molecule has 1 amide bonds. The smallest absolute Gasteiger partial charge is 0.348 e. The molecular formula is C14H13BrF4N4O3. The van der Waals surface area contributed by atoms with Crippen LogP contribution < -0.4 is 5.32 Å². The number of rotatable bonds is 6. The molecule has 2 aromatic rings. The maximum Gasteiger partial charge on any atom is 0.522 e. The molecule has 0 aliphatic heterocycles. The van der Waals surface area contributed by atoms with Crippen LogP contribution in [0.15, 0.2) is 16.7 Å². The highest BCUT2D eigenvalue weighted by molar-refractivity contribution is 9.10. The van der Waals surface area contributed by atoms with Crippen LogP contribution >= 0.6 is 15.9 Å². The SMILES string of the molecule is O=C(N[C@H]1C[C@@H](OC(F)(F)F)C1)c1ccnc2c(Br)c(COCF)nn12. The first-order valence-corrected chi connectivity index (χ1v) is 8.29. The highest BCUT2D eigenvalue weighted by atomic mass is 79.9. The first-order valence-electron chi connectivity index (χ1n) is 7.49. The van der Waals surface area contributed by atoms with E-state index in [1.54, 1.807) is 0 Å². The summed E-state index contributed by atoms with van der Waals surface area (Å²) in [6.07, 6.45) is -4.11. The molecule has 0 aromatic carbocycles. The van der Waals surface area contributed by atoms with Gasteiger partial charge in [0.25, 0.3) is 5.91 Å². The zero-order valence-electron chi connectivity index (χ0n) is 13.1. The lowest BCUT2D eigenvalue weighted by atomic mass is 9.89. The molecule has 0 spiro atoms. The lowest BCUT2D eigenvalue weighted by molar-refractivity contribution is -0.351. The number of aromatic nitrogens is 3. The minimum atomic E-state index is -4.68. The summed E-state index contributed by atoms with van der Waals surface area (Å²) in [5.74, 6) is -0.513. The molecule has 3 rings (SSSR count). The molecule has 1 N–H and O–H groups in total. The highest BCUT2D eigenvalue weighted by Gasteiger charge is 2.40. The van der Waals surface area contributed by atoms with E-state index in [1.807, 2.05) is 0 Å². The Bertz CT molecular complexity index is 807. The van der Waals surface area contributed by atoms with E-state index in [2.05, 4.69) is 40.8 Å². The van der Waals surface area contributed by atoms with E-state index >= 15 is 0 Å². The fourth-order valence-corrected chi connectivity index (χ4v) is 3.05. The van der Waals surface area contributed by atoms with E-state index < -0.39 is 31.3 Å². The van der Waals surface area contributed by atoms with Crippen molar-refractivity contribution < 1.29 is 31.8 Å². The van der Waals surface area contributed by atoms with Crippen LogP contribution in [-0.4, -0.2) is 45.9 Å². The van der Waals surface area contributed by atoms with Gasteiger partial charge in [0.05, 0.1) is 17.2 Å². The van der Waals surface area contributed by atoms with Crippen molar-refractivity contribution in [1.82, 2.24) is 19.9 Å². The van der Waals surface area contributed by atoms with Gasteiger partial charge >= 0.3 is 6.36 Å². The van der Waals surface area contributed by atoms with Crippen molar-refractivity contribution in [3.8, 4) is 0 Å². The lowest BCUT2D eigenvalue weighted by Crippen LogP contribution is -2.49. The predicted octanol–water partition coefficient (Wildman–Crippen LogP) is 2.73. The molecule has 1 aliphatic rings. The number of halogens is 5. The van der Waals surface area contributed by atoms with Gasteiger partial charge in [0.2, 0.25) is 0 Å². The molecule has 0 bridgehead atoms. The summed E-state index contributed by atoms with van der Waals surface area (Å²) >= 11 is 3.27. The van der Waals surface area contributed by atoms with Crippen LogP contribution in [0.1, 0.15) is 29.0 Å². The van der Waals surface area contributed by atoms with Crippen molar-refractivity contribution in [1.29, 1.82) is 0 Å². The third-order valence-corrected chi connectivity index (χ3v) is 4.62. The molecule has 142 valence electrons. The van der Waals surface area contributed by atoms with Crippen molar-refractivity contribution in [2.45, 2.75) is 38.0 Å². The first kappa shape index (κ1) is 19.0. The van der Waals surface area contributed by atoms with Crippen molar-refractivity contribution in [2.75, 3.05) is 6.86 Å². The second-order valence-electron chi connectivity index (χ2n) is 5.61. The van der Waals surface area contributed by atoms with Gasteiger partial charge in [0.1, 0.15) is 11.4 Å². The molecule has 0 saturated heterocycles. The second kappa shape index (κ2) is 7.45. The van der Waals surface area contributed by atoms with Crippen LogP contribution in [-0.2, 0) is 16.1 Å². The third-order valence-electron chi connectivity index (χ3n) is 3.81. The number of carbonyl (C=O) groups is 1. The minimum Gasteiger partial charge on any atom is -0.348 e. The van der Waals surface area contributed by atoms with Gasteiger partial charge in [0.15, 0.2) is 12.5 Å². The van der Waals surface area contributed by atoms with Crippen molar-refractivity contribution in [2.24, 2.45) is 0 Å². The van der Waals surface area contributed by atoms with Crippen LogP contribution in [0.2, 0.25) is 0 Å². The van der Waals surface area contributed by atoms with Gasteiger partial charge in [-0.3, -0.25) is 9.53 Å². The molecule has 1 aliphatic carbocycles. The lowest BCUT2D eigenvalue weighted by Gasteiger charge is -2.35. The Morgan fingerprint density at radius 3 is 2.81 bits per heavy atom. The number of ether oxygens (including phenoxy) is 2. The average Bonchev–Trinajstić information content (AvgIpc) is 2.86. The maximum atomic E-state index is 12.4. The van der Waals surface area contributed by atoms with E-state index in [-0.39, 0.29) is 25.1 Å². The molecule has 26 heavy (non-hydrogen) atoms. The monoisotopic (exact) mass is 440 g/mol. The number of nitrogens with zero attached hydrogens (tertiary/aromatic N) is 3. The molecular weight excluding hydrogens is 428 g/mol. The number of nitrogens with one attached hydrogen (secondary N) is 1. The fourth-order valence-electron chi connectivity index (χ4n) is 2.59. The van der Waals surface area contributed by atoms with Crippen molar-refractivity contribution in [3.63, 3.8) is 0 Å². The first-order chi connectivity index (χ1) is 12.3. The number of carbonyl (C=O) groups excluding carboxylic acids is 1. The Morgan fingerprint density at radius 1 is 1.42 bits per heavy atom. The van der Waals surface area contributed by atoms with Gasteiger partial charge in [-0.05, 0) is 34.8 Å². The molecule has 12 heteroatoms. The highest BCUT2D eigenvalue weighted by Crippen LogP contribution is 2.30. The zero-order chi connectivity index (χ0) is 18.9. The minimum absolute atomic E-state index is 0.0673. The van der Waals surface area contributed by atoms with Gasteiger partial charge in [-0.15, -0.1) is 13.2 Å². The Balaban J connectivity index is 1.69. The maximum absolute atomic E-state index is 12.4. The Hall–Kier alpha value is -1.79. The van der Waals surface area contributed by atoms with Gasteiger partial charge in [-0.2, -0.15) is 5.10 Å². The van der Waals surface area contributed by atoms with Crippen LogP contribution in [0.4, 0.5) is 17.6 Å². The third kappa shape index (κ3) is 4.13. The standard InChI is InChI=1S/C14H13BrF4N4O3/c15-11-9(5-25-6-16)22-23-10(1-2-20-12(11)23)13(24)21-7-3-8(4-7)26-14(17,18)19/h1-2,7-8H,3-6H2,(H,21,24)/t7-,8+. The molecule has 0 radical (unpaired) electrons. The number of hydrogen-bond acceptors (Lipinski definition) is 5. The Labute approximate surface area is 152 Å². The normalized spacial score (nSPS) is 20.2. The summed E-state index contributed by atoms with van der Waals surface area (Å²) in [4.78, 5) is 16.5. The fraction of sp³-hybridized carbons (Fsp3) is 0.500. The summed E-state index contributed by atoms with van der Waals surface area (Å²) in [5, 5.41) is 6.80. The molecule has 2 aromatic heterocycles. The van der Waals surface area contributed by atoms with Crippen LogP contribution in [0.25, 0.3) is 5.65 Å². The van der Waals surface area contributed by atoms with E-state index in [0.29, 0.717) is 15.8 Å². The molecule has 1 fully saturated rings. The van der Waals surface area contributed by atoms with Crippen LogP contribution in [0.3, 0.4) is 0 Å². The average molecular weight is 441 g/mol. The topological polar surface area (TPSA) is 77.8 Å². The summed E-state index contributed by atoms with van der Waals surface area (Å²) in [6.45, 7) is -1.09. The number of hydrogen-bond donors (Lipinski definition) is 1. The van der Waals surface area contributed by atoms with Gasteiger partial charge < -0.3 is 10.1 Å². The van der Waals surface area contributed by atoms with Gasteiger partial charge in [-0.25, -0.2) is 13.9 Å².